The monoisotopic (exact) mass is 428 g/mol. The highest BCUT2D eigenvalue weighted by molar-refractivity contribution is 7.93. The molecule has 2 aromatic carbocycles. The van der Waals surface area contributed by atoms with Crippen LogP contribution >= 0.6 is 0 Å². The fourth-order valence-corrected chi connectivity index (χ4v) is 4.55. The number of amides is 1. The minimum absolute atomic E-state index is 0.104. The minimum Gasteiger partial charge on any atom is -0.263 e. The molecule has 3 rings (SSSR count). The number of sulfonamides is 1. The lowest BCUT2D eigenvalue weighted by molar-refractivity contribution is -0.169. The number of alkyl halides is 5. The van der Waals surface area contributed by atoms with Crippen molar-refractivity contribution in [3.05, 3.63) is 65.2 Å². The lowest BCUT2D eigenvalue weighted by Crippen LogP contribution is -2.45. The summed E-state index contributed by atoms with van der Waals surface area (Å²) in [6.07, 6.45) is -8.29. The van der Waals surface area contributed by atoms with Crippen LogP contribution in [0.1, 0.15) is 16.7 Å². The van der Waals surface area contributed by atoms with Crippen LogP contribution < -0.4 is 4.31 Å². The average Bonchev–Trinajstić information content (AvgIpc) is 2.72. The second kappa shape index (κ2) is 6.97. The van der Waals surface area contributed by atoms with Gasteiger partial charge in [0, 0.05) is 11.1 Å². The van der Waals surface area contributed by atoms with Gasteiger partial charge in [0.25, 0.3) is 16.4 Å². The quantitative estimate of drug-likeness (QED) is 0.647. The Balaban J connectivity index is 2.51. The number of nitrogens with zero attached hydrogens (tertiary/aromatic N) is 2. The number of hydrogen-bond acceptors (Lipinski definition) is 4. The maximum Gasteiger partial charge on any atom is 0.472 e. The number of nitriles is 1. The third kappa shape index (κ3) is 3.47. The van der Waals surface area contributed by atoms with E-state index in [4.69, 9.17) is 5.26 Å². The van der Waals surface area contributed by atoms with Crippen molar-refractivity contribution in [2.75, 3.05) is 4.31 Å². The maximum absolute atomic E-state index is 13.2. The highest BCUT2D eigenvalue weighted by Gasteiger charge is 2.50. The molecular formula is C18H9F5N2O3S. The summed E-state index contributed by atoms with van der Waals surface area (Å²) in [5.74, 6) is -2.70. The van der Waals surface area contributed by atoms with E-state index in [2.05, 4.69) is 0 Å². The topological polar surface area (TPSA) is 78.2 Å². The van der Waals surface area contributed by atoms with E-state index >= 15 is 0 Å². The fraction of sp³-hybridized carbons (Fsp3) is 0.111. The molecule has 2 aromatic rings. The highest BCUT2D eigenvalue weighted by Crippen LogP contribution is 2.43. The standard InChI is InChI=1S/C18H9F5N2O3S/c19-16(20)8-12-11-3-1-2-4-14(11)25(17(26)18(21,22)23)29(27,28)15-6-5-10(9-24)7-13(12)15/h1-8,16H/b12-8+. The van der Waals surface area contributed by atoms with Gasteiger partial charge < -0.3 is 0 Å². The van der Waals surface area contributed by atoms with Crippen molar-refractivity contribution in [1.82, 2.24) is 0 Å². The van der Waals surface area contributed by atoms with Crippen molar-refractivity contribution in [3.8, 4) is 6.07 Å². The molecule has 0 atom stereocenters. The summed E-state index contributed by atoms with van der Waals surface area (Å²) >= 11 is 0. The molecule has 0 saturated heterocycles. The molecule has 5 nitrogen and oxygen atoms in total. The molecule has 0 fully saturated rings. The molecule has 0 N–H and O–H groups in total. The third-order valence-corrected chi connectivity index (χ3v) is 5.80. The molecule has 1 amide bonds. The molecule has 0 aliphatic carbocycles. The number of carbonyl (C=O) groups excluding carboxylic acids is 1. The van der Waals surface area contributed by atoms with Crippen LogP contribution in [0.5, 0.6) is 0 Å². The van der Waals surface area contributed by atoms with Crippen LogP contribution in [-0.4, -0.2) is 26.9 Å². The molecule has 0 unspecified atom stereocenters. The van der Waals surface area contributed by atoms with Gasteiger partial charge >= 0.3 is 12.1 Å². The Hall–Kier alpha value is -3.26. The summed E-state index contributed by atoms with van der Waals surface area (Å²) in [5.41, 5.74) is -1.98. The van der Waals surface area contributed by atoms with Crippen molar-refractivity contribution < 1.29 is 35.2 Å². The van der Waals surface area contributed by atoms with Gasteiger partial charge in [-0.25, -0.2) is 17.2 Å². The molecule has 1 aliphatic rings. The summed E-state index contributed by atoms with van der Waals surface area (Å²) in [6, 6.07) is 8.98. The predicted octanol–water partition coefficient (Wildman–Crippen LogP) is 3.85. The number of halogens is 5. The number of rotatable bonds is 1. The SMILES string of the molecule is N#Cc1ccc2c(c1)/C(=C/C(F)F)c1ccccc1N(C(=O)C(F)(F)F)S2(=O)=O. The van der Waals surface area contributed by atoms with Gasteiger partial charge in [0.1, 0.15) is 0 Å². The summed E-state index contributed by atoms with van der Waals surface area (Å²) in [4.78, 5) is 11.2. The zero-order chi connectivity index (χ0) is 21.6. The molecule has 0 spiro atoms. The van der Waals surface area contributed by atoms with Crippen LogP contribution in [0.2, 0.25) is 0 Å². The zero-order valence-corrected chi connectivity index (χ0v) is 14.9. The van der Waals surface area contributed by atoms with Gasteiger partial charge in [-0.05, 0) is 35.9 Å². The van der Waals surface area contributed by atoms with E-state index in [1.807, 2.05) is 0 Å². The van der Waals surface area contributed by atoms with E-state index in [0.29, 0.717) is 6.08 Å². The van der Waals surface area contributed by atoms with Crippen molar-refractivity contribution in [3.63, 3.8) is 0 Å². The van der Waals surface area contributed by atoms with E-state index in [1.54, 1.807) is 6.07 Å². The van der Waals surface area contributed by atoms with Gasteiger partial charge in [-0.15, -0.1) is 0 Å². The van der Waals surface area contributed by atoms with Crippen LogP contribution in [0.4, 0.5) is 27.6 Å². The van der Waals surface area contributed by atoms with E-state index < -0.39 is 54.6 Å². The summed E-state index contributed by atoms with van der Waals surface area (Å²) in [5, 5.41) is 9.07. The second-order valence-corrected chi connectivity index (χ2v) is 7.58. The molecule has 1 heterocycles. The second-order valence-electron chi connectivity index (χ2n) is 5.83. The Morgan fingerprint density at radius 2 is 1.76 bits per heavy atom. The van der Waals surface area contributed by atoms with Crippen LogP contribution in [-0.2, 0) is 14.8 Å². The Bertz CT molecular complexity index is 1180. The number of para-hydroxylation sites is 1. The summed E-state index contributed by atoms with van der Waals surface area (Å²) in [7, 11) is -5.14. The van der Waals surface area contributed by atoms with Crippen molar-refractivity contribution >= 4 is 27.2 Å². The van der Waals surface area contributed by atoms with Crippen molar-refractivity contribution in [2.24, 2.45) is 0 Å². The largest absolute Gasteiger partial charge is 0.472 e. The molecule has 0 aromatic heterocycles. The average molecular weight is 428 g/mol. The molecule has 0 radical (unpaired) electrons. The van der Waals surface area contributed by atoms with Gasteiger partial charge in [0.05, 0.1) is 22.2 Å². The van der Waals surface area contributed by atoms with Crippen molar-refractivity contribution in [1.29, 1.82) is 5.26 Å². The normalized spacial score (nSPS) is 16.7. The van der Waals surface area contributed by atoms with Crippen LogP contribution in [0.3, 0.4) is 0 Å². The van der Waals surface area contributed by atoms with Gasteiger partial charge in [-0.1, -0.05) is 18.2 Å². The van der Waals surface area contributed by atoms with Crippen LogP contribution in [0.15, 0.2) is 53.4 Å². The first-order chi connectivity index (χ1) is 13.5. The Morgan fingerprint density at radius 3 is 2.34 bits per heavy atom. The molecule has 1 aliphatic heterocycles. The first-order valence-corrected chi connectivity index (χ1v) is 9.23. The van der Waals surface area contributed by atoms with E-state index in [1.165, 1.54) is 12.1 Å². The first-order valence-electron chi connectivity index (χ1n) is 7.79. The Labute approximate surface area is 161 Å². The van der Waals surface area contributed by atoms with E-state index in [0.717, 1.165) is 30.3 Å². The molecular weight excluding hydrogens is 419 g/mol. The Kier molecular flexibility index (Phi) is 4.92. The molecule has 11 heteroatoms. The lowest BCUT2D eigenvalue weighted by atomic mass is 9.94. The number of carbonyl (C=O) groups is 1. The molecule has 0 bridgehead atoms. The summed E-state index contributed by atoms with van der Waals surface area (Å²) < 4.78 is 91.5. The van der Waals surface area contributed by atoms with Gasteiger partial charge in [0.2, 0.25) is 0 Å². The maximum atomic E-state index is 13.2. The van der Waals surface area contributed by atoms with E-state index in [-0.39, 0.29) is 11.1 Å². The van der Waals surface area contributed by atoms with Crippen molar-refractivity contribution in [2.45, 2.75) is 17.5 Å². The van der Waals surface area contributed by atoms with Gasteiger partial charge in [-0.3, -0.25) is 4.79 Å². The fourth-order valence-electron chi connectivity index (χ4n) is 2.93. The lowest BCUT2D eigenvalue weighted by Gasteiger charge is -2.23. The van der Waals surface area contributed by atoms with Gasteiger partial charge in [-0.2, -0.15) is 22.7 Å². The third-order valence-electron chi connectivity index (χ3n) is 4.05. The first kappa shape index (κ1) is 20.5. The predicted molar refractivity (Wildman–Crippen MR) is 91.4 cm³/mol. The number of hydrogen-bond donors (Lipinski definition) is 0. The number of benzene rings is 2. The number of fused-ring (bicyclic) bond motifs is 2. The molecule has 29 heavy (non-hydrogen) atoms. The smallest absolute Gasteiger partial charge is 0.263 e. The zero-order valence-electron chi connectivity index (χ0n) is 14.1. The van der Waals surface area contributed by atoms with Crippen LogP contribution in [0.25, 0.3) is 5.57 Å². The summed E-state index contributed by atoms with van der Waals surface area (Å²) in [6.45, 7) is 0. The molecule has 150 valence electrons. The van der Waals surface area contributed by atoms with Gasteiger partial charge in [0.15, 0.2) is 0 Å². The number of anilines is 1. The highest BCUT2D eigenvalue weighted by atomic mass is 32.2. The number of allylic oxidation sites excluding steroid dienone is 1. The molecule has 0 saturated carbocycles. The van der Waals surface area contributed by atoms with Crippen LogP contribution in [0, 0.1) is 11.3 Å². The van der Waals surface area contributed by atoms with E-state index in [9.17, 15) is 35.2 Å². The minimum atomic E-state index is -5.55. The Morgan fingerprint density at radius 1 is 1.10 bits per heavy atom.